The fourth-order valence-corrected chi connectivity index (χ4v) is 5.00. The zero-order chi connectivity index (χ0) is 15.3. The van der Waals surface area contributed by atoms with Crippen molar-refractivity contribution in [2.75, 3.05) is 13.7 Å². The highest BCUT2D eigenvalue weighted by Crippen LogP contribution is 2.56. The Morgan fingerprint density at radius 2 is 2.23 bits per heavy atom. The van der Waals surface area contributed by atoms with Crippen molar-refractivity contribution in [2.24, 2.45) is 17.8 Å². The largest absolute Gasteiger partial charge is 0.497 e. The smallest absolute Gasteiger partial charge is 0.119 e. The maximum Gasteiger partial charge on any atom is 0.119 e. The lowest BCUT2D eigenvalue weighted by Gasteiger charge is -2.49. The number of aryl methyl sites for hydroxylation is 1. The molecule has 0 aromatic heterocycles. The number of ether oxygens (including phenoxy) is 2. The minimum atomic E-state index is -0.709. The van der Waals surface area contributed by atoms with Gasteiger partial charge in [0.05, 0.1) is 25.4 Å². The molecule has 2 fully saturated rings. The molecule has 1 N–H and O–H groups in total. The minimum absolute atomic E-state index is 0.104. The summed E-state index contributed by atoms with van der Waals surface area (Å²) in [5.74, 6) is 1.79. The Morgan fingerprint density at radius 3 is 3.00 bits per heavy atom. The van der Waals surface area contributed by atoms with E-state index in [1.807, 2.05) is 12.1 Å². The van der Waals surface area contributed by atoms with E-state index in [1.54, 1.807) is 7.11 Å². The zero-order valence-electron chi connectivity index (χ0n) is 13.1. The van der Waals surface area contributed by atoms with Gasteiger partial charge < -0.3 is 14.6 Å². The van der Waals surface area contributed by atoms with Crippen LogP contribution in [-0.4, -0.2) is 24.4 Å². The normalized spacial score (nSPS) is 39.5. The molecule has 0 bridgehead atoms. The molecule has 1 aromatic carbocycles. The number of fused-ring (bicyclic) bond motifs is 5. The van der Waals surface area contributed by atoms with Gasteiger partial charge in [-0.05, 0) is 60.8 Å². The standard InChI is InChI=1S/C19H24O3/c1-3-13-6-9-17-15-8-5-12-4-7-14(21-2)10-16(12)18(15)22-11-19(13,17)20/h3-4,7,10,13,15,17-18,20H,1,5-6,8-9,11H2,2H3/t13-,15+,17+,18+,19-/m1/s1. The molecule has 1 saturated carbocycles. The molecular formula is C19H24O3. The third-order valence-electron chi connectivity index (χ3n) is 6.16. The van der Waals surface area contributed by atoms with Crippen molar-refractivity contribution in [2.45, 2.75) is 37.4 Å². The van der Waals surface area contributed by atoms with Gasteiger partial charge in [0, 0.05) is 5.92 Å². The van der Waals surface area contributed by atoms with Crippen molar-refractivity contribution in [3.8, 4) is 5.75 Å². The van der Waals surface area contributed by atoms with Crippen molar-refractivity contribution in [3.05, 3.63) is 42.0 Å². The van der Waals surface area contributed by atoms with Crippen LogP contribution in [0, 0.1) is 17.8 Å². The van der Waals surface area contributed by atoms with Gasteiger partial charge >= 0.3 is 0 Å². The highest BCUT2D eigenvalue weighted by atomic mass is 16.5. The number of methoxy groups -OCH3 is 1. The van der Waals surface area contributed by atoms with Gasteiger partial charge in [0.15, 0.2) is 0 Å². The van der Waals surface area contributed by atoms with Gasteiger partial charge in [0.1, 0.15) is 5.75 Å². The van der Waals surface area contributed by atoms with Crippen LogP contribution >= 0.6 is 0 Å². The molecule has 0 unspecified atom stereocenters. The molecule has 0 spiro atoms. The maximum absolute atomic E-state index is 11.1. The monoisotopic (exact) mass is 300 g/mol. The summed E-state index contributed by atoms with van der Waals surface area (Å²) in [5, 5.41) is 11.1. The van der Waals surface area contributed by atoms with Crippen LogP contribution in [0.4, 0.5) is 0 Å². The summed E-state index contributed by atoms with van der Waals surface area (Å²) in [4.78, 5) is 0. The lowest BCUT2D eigenvalue weighted by molar-refractivity contribution is -0.189. The molecule has 118 valence electrons. The fourth-order valence-electron chi connectivity index (χ4n) is 5.00. The van der Waals surface area contributed by atoms with Crippen LogP contribution in [0.5, 0.6) is 5.75 Å². The summed E-state index contributed by atoms with van der Waals surface area (Å²) >= 11 is 0. The van der Waals surface area contributed by atoms with Gasteiger partial charge in [-0.2, -0.15) is 0 Å². The van der Waals surface area contributed by atoms with E-state index in [4.69, 9.17) is 9.47 Å². The van der Waals surface area contributed by atoms with Crippen LogP contribution in [0.1, 0.15) is 36.5 Å². The van der Waals surface area contributed by atoms with Crippen LogP contribution in [0.25, 0.3) is 0 Å². The summed E-state index contributed by atoms with van der Waals surface area (Å²) in [6.07, 6.45) is 6.30. The predicted molar refractivity (Wildman–Crippen MR) is 84.9 cm³/mol. The SMILES string of the molecule is C=C[C@@H]1CC[C@H]2[C@@H]3CCc4ccc(OC)cc4[C@H]3OC[C@@]12O. The van der Waals surface area contributed by atoms with Crippen LogP contribution < -0.4 is 4.74 Å². The van der Waals surface area contributed by atoms with Gasteiger partial charge in [-0.15, -0.1) is 6.58 Å². The molecule has 4 rings (SSSR count). The summed E-state index contributed by atoms with van der Waals surface area (Å²) in [6, 6.07) is 6.31. The molecule has 5 atom stereocenters. The Kier molecular flexibility index (Phi) is 3.31. The Hall–Kier alpha value is -1.32. The van der Waals surface area contributed by atoms with Crippen molar-refractivity contribution in [3.63, 3.8) is 0 Å². The van der Waals surface area contributed by atoms with Crippen molar-refractivity contribution < 1.29 is 14.6 Å². The van der Waals surface area contributed by atoms with Crippen molar-refractivity contribution in [1.29, 1.82) is 0 Å². The van der Waals surface area contributed by atoms with Gasteiger partial charge in [0.25, 0.3) is 0 Å². The van der Waals surface area contributed by atoms with Gasteiger partial charge in [-0.25, -0.2) is 0 Å². The number of rotatable bonds is 2. The first-order chi connectivity index (χ1) is 10.7. The van der Waals surface area contributed by atoms with Crippen molar-refractivity contribution in [1.82, 2.24) is 0 Å². The van der Waals surface area contributed by atoms with E-state index in [-0.39, 0.29) is 12.0 Å². The first-order valence-corrected chi connectivity index (χ1v) is 8.30. The molecule has 0 amide bonds. The average molecular weight is 300 g/mol. The molecule has 1 saturated heterocycles. The zero-order valence-corrected chi connectivity index (χ0v) is 13.1. The molecule has 1 heterocycles. The molecule has 3 aliphatic rings. The second kappa shape index (κ2) is 5.10. The Labute approximate surface area is 131 Å². The van der Waals surface area contributed by atoms with Gasteiger partial charge in [-0.1, -0.05) is 12.1 Å². The highest BCUT2D eigenvalue weighted by Gasteiger charge is 2.56. The number of aliphatic hydroxyl groups is 1. The van der Waals surface area contributed by atoms with E-state index in [0.29, 0.717) is 18.4 Å². The van der Waals surface area contributed by atoms with E-state index < -0.39 is 5.60 Å². The maximum atomic E-state index is 11.1. The Balaban J connectivity index is 1.70. The molecule has 0 radical (unpaired) electrons. The predicted octanol–water partition coefficient (Wildman–Crippen LogP) is 3.27. The highest BCUT2D eigenvalue weighted by molar-refractivity contribution is 5.40. The Morgan fingerprint density at radius 1 is 1.36 bits per heavy atom. The van der Waals surface area contributed by atoms with Crippen molar-refractivity contribution >= 4 is 0 Å². The second-order valence-electron chi connectivity index (χ2n) is 7.02. The quantitative estimate of drug-likeness (QED) is 0.852. The average Bonchev–Trinajstić information content (AvgIpc) is 2.90. The summed E-state index contributed by atoms with van der Waals surface area (Å²) in [6.45, 7) is 4.33. The molecular weight excluding hydrogens is 276 g/mol. The van der Waals surface area contributed by atoms with E-state index in [9.17, 15) is 5.11 Å². The second-order valence-corrected chi connectivity index (χ2v) is 7.02. The summed E-state index contributed by atoms with van der Waals surface area (Å²) < 4.78 is 11.6. The van der Waals surface area contributed by atoms with Gasteiger partial charge in [-0.3, -0.25) is 0 Å². The van der Waals surface area contributed by atoms with Crippen LogP contribution in [0.2, 0.25) is 0 Å². The van der Waals surface area contributed by atoms with E-state index in [1.165, 1.54) is 11.1 Å². The molecule has 2 aliphatic carbocycles. The van der Waals surface area contributed by atoms with Crippen LogP contribution in [0.3, 0.4) is 0 Å². The number of hydrogen-bond donors (Lipinski definition) is 1. The Bertz CT molecular complexity index is 596. The third kappa shape index (κ3) is 1.88. The molecule has 3 nitrogen and oxygen atoms in total. The lowest BCUT2D eigenvalue weighted by atomic mass is 9.67. The minimum Gasteiger partial charge on any atom is -0.497 e. The summed E-state index contributed by atoms with van der Waals surface area (Å²) in [5.41, 5.74) is 1.92. The van der Waals surface area contributed by atoms with Crippen LogP contribution in [0.15, 0.2) is 30.9 Å². The van der Waals surface area contributed by atoms with Gasteiger partial charge in [0.2, 0.25) is 0 Å². The number of hydrogen-bond acceptors (Lipinski definition) is 3. The molecule has 1 aromatic rings. The van der Waals surface area contributed by atoms with Crippen LogP contribution in [-0.2, 0) is 11.2 Å². The van der Waals surface area contributed by atoms with E-state index in [2.05, 4.69) is 18.7 Å². The summed E-state index contributed by atoms with van der Waals surface area (Å²) in [7, 11) is 1.70. The number of benzene rings is 1. The molecule has 22 heavy (non-hydrogen) atoms. The van der Waals surface area contributed by atoms with E-state index in [0.717, 1.165) is 31.4 Å². The fraction of sp³-hybridized carbons (Fsp3) is 0.579. The third-order valence-corrected chi connectivity index (χ3v) is 6.16. The van der Waals surface area contributed by atoms with E-state index >= 15 is 0 Å². The first-order valence-electron chi connectivity index (χ1n) is 8.30. The first kappa shape index (κ1) is 14.3. The molecule has 1 aliphatic heterocycles. The lowest BCUT2D eigenvalue weighted by Crippen LogP contribution is -2.53. The molecule has 3 heteroatoms. The topological polar surface area (TPSA) is 38.7 Å².